The first-order chi connectivity index (χ1) is 11.6. The fourth-order valence-electron chi connectivity index (χ4n) is 2.43. The second kappa shape index (κ2) is 10.6. The van der Waals surface area contributed by atoms with Gasteiger partial charge in [0, 0.05) is 44.5 Å². The Morgan fingerprint density at radius 1 is 1.36 bits per heavy atom. The van der Waals surface area contributed by atoms with Crippen LogP contribution in [0.15, 0.2) is 22.8 Å². The smallest absolute Gasteiger partial charge is 0.242 e. The molecule has 0 atom stereocenters. The number of imidazole rings is 1. The van der Waals surface area contributed by atoms with Gasteiger partial charge in [0.1, 0.15) is 0 Å². The number of hydrogen-bond acceptors (Lipinski definition) is 4. The van der Waals surface area contributed by atoms with Gasteiger partial charge in [-0.2, -0.15) is 0 Å². The molecule has 7 nitrogen and oxygen atoms in total. The lowest BCUT2D eigenvalue weighted by molar-refractivity contribution is -0.131. The molecule has 0 aromatic carbocycles. The molecule has 0 aliphatic carbocycles. The second-order valence-corrected chi connectivity index (χ2v) is 6.29. The Balaban J connectivity index is 0.00000312. The number of nitrogens with one attached hydrogen (secondary N) is 1. The van der Waals surface area contributed by atoms with Crippen molar-refractivity contribution in [2.75, 3.05) is 33.2 Å². The van der Waals surface area contributed by atoms with Crippen LogP contribution in [0.5, 0.6) is 0 Å². The third-order valence-electron chi connectivity index (χ3n) is 3.72. The first-order valence-electron chi connectivity index (χ1n) is 8.27. The fourth-order valence-corrected chi connectivity index (χ4v) is 3.15. The normalized spacial score (nSPS) is 11.3. The number of halogens is 1. The molecule has 9 heteroatoms. The van der Waals surface area contributed by atoms with Gasteiger partial charge in [0.15, 0.2) is 10.9 Å². The number of carbonyl (C=O) groups excluding carboxylic acids is 1. The Kier molecular flexibility index (Phi) is 9.19. The number of hydrogen-bond donors (Lipinski definition) is 1. The highest BCUT2D eigenvalue weighted by Crippen LogP contribution is 2.12. The van der Waals surface area contributed by atoms with Crippen LogP contribution in [-0.2, 0) is 11.3 Å². The van der Waals surface area contributed by atoms with Crippen molar-refractivity contribution in [2.24, 2.45) is 4.99 Å². The maximum atomic E-state index is 12.3. The number of fused-ring (bicyclic) bond motifs is 1. The second-order valence-electron chi connectivity index (χ2n) is 5.42. The number of rotatable bonds is 7. The lowest BCUT2D eigenvalue weighted by Crippen LogP contribution is -2.45. The molecular weight excluding hydrogens is 451 g/mol. The van der Waals surface area contributed by atoms with Gasteiger partial charge in [-0.15, -0.1) is 35.3 Å². The van der Waals surface area contributed by atoms with Gasteiger partial charge in [-0.25, -0.2) is 9.98 Å². The van der Waals surface area contributed by atoms with Gasteiger partial charge in [0.05, 0.1) is 18.8 Å². The summed E-state index contributed by atoms with van der Waals surface area (Å²) in [6.45, 7) is 9.00. The summed E-state index contributed by atoms with van der Waals surface area (Å²) >= 11 is 1.60. The summed E-state index contributed by atoms with van der Waals surface area (Å²) in [5.41, 5.74) is 0.917. The number of carbonyl (C=O) groups is 1. The van der Waals surface area contributed by atoms with Crippen molar-refractivity contribution in [3.63, 3.8) is 0 Å². The van der Waals surface area contributed by atoms with Crippen LogP contribution in [0.3, 0.4) is 0 Å². The fraction of sp³-hybridized carbons (Fsp3) is 0.562. The maximum Gasteiger partial charge on any atom is 0.242 e. The van der Waals surface area contributed by atoms with Crippen LogP contribution in [0.4, 0.5) is 0 Å². The highest BCUT2D eigenvalue weighted by Gasteiger charge is 2.15. The van der Waals surface area contributed by atoms with Gasteiger partial charge < -0.3 is 15.1 Å². The van der Waals surface area contributed by atoms with E-state index >= 15 is 0 Å². The van der Waals surface area contributed by atoms with Crippen molar-refractivity contribution in [1.82, 2.24) is 24.5 Å². The van der Waals surface area contributed by atoms with E-state index in [0.717, 1.165) is 36.2 Å². The average Bonchev–Trinajstić information content (AvgIpc) is 3.13. The molecule has 0 radical (unpaired) electrons. The van der Waals surface area contributed by atoms with Gasteiger partial charge >= 0.3 is 0 Å². The summed E-state index contributed by atoms with van der Waals surface area (Å²) in [6, 6.07) is 0. The van der Waals surface area contributed by atoms with E-state index in [2.05, 4.69) is 15.3 Å². The lowest BCUT2D eigenvalue weighted by atomic mass is 10.4. The molecule has 25 heavy (non-hydrogen) atoms. The highest BCUT2D eigenvalue weighted by atomic mass is 127. The number of nitrogens with zero attached hydrogens (tertiary/aromatic N) is 5. The molecule has 2 aromatic rings. The Labute approximate surface area is 170 Å². The minimum atomic E-state index is 0. The van der Waals surface area contributed by atoms with E-state index in [1.165, 1.54) is 0 Å². The van der Waals surface area contributed by atoms with Crippen LogP contribution in [0.25, 0.3) is 4.96 Å². The number of aromatic nitrogens is 2. The predicted octanol–water partition coefficient (Wildman–Crippen LogP) is 2.28. The Hall–Kier alpha value is -1.36. The molecule has 2 rings (SSSR count). The van der Waals surface area contributed by atoms with E-state index in [-0.39, 0.29) is 29.9 Å². The topological polar surface area (TPSA) is 65.2 Å². The number of thiazole rings is 1. The van der Waals surface area contributed by atoms with Crippen molar-refractivity contribution in [3.05, 3.63) is 23.5 Å². The molecule has 0 spiro atoms. The third kappa shape index (κ3) is 5.84. The molecule has 1 amide bonds. The van der Waals surface area contributed by atoms with E-state index in [1.807, 2.05) is 59.8 Å². The van der Waals surface area contributed by atoms with E-state index in [1.54, 1.807) is 11.3 Å². The summed E-state index contributed by atoms with van der Waals surface area (Å²) in [6.07, 6.45) is 3.97. The highest BCUT2D eigenvalue weighted by molar-refractivity contribution is 14.0. The first-order valence-corrected chi connectivity index (χ1v) is 9.15. The van der Waals surface area contributed by atoms with Crippen LogP contribution < -0.4 is 5.32 Å². The monoisotopic (exact) mass is 478 g/mol. The number of aliphatic imine (C=N–C) groups is 1. The minimum absolute atomic E-state index is 0. The molecule has 0 bridgehead atoms. The minimum Gasteiger partial charge on any atom is -0.357 e. The number of guanidine groups is 1. The summed E-state index contributed by atoms with van der Waals surface area (Å²) in [5.74, 6) is 0.824. The maximum absolute atomic E-state index is 12.3. The molecule has 1 N–H and O–H groups in total. The summed E-state index contributed by atoms with van der Waals surface area (Å²) in [5, 5.41) is 5.24. The van der Waals surface area contributed by atoms with Gasteiger partial charge in [0.2, 0.25) is 5.91 Å². The zero-order chi connectivity index (χ0) is 17.5. The zero-order valence-electron chi connectivity index (χ0n) is 15.2. The molecule has 140 valence electrons. The summed E-state index contributed by atoms with van der Waals surface area (Å²) < 4.78 is 2.00. The molecule has 0 aliphatic rings. The SMILES string of the molecule is CCNC(=NCc1cn2ccsc2n1)N(C)CC(=O)N(CC)CC.I. The molecule has 0 saturated heterocycles. The standard InChI is InChI=1S/C16H26N6OS.HI/c1-5-17-15(20(4)12-14(23)21(6-2)7-3)18-10-13-11-22-8-9-24-16(22)19-13;/h8-9,11H,5-7,10,12H2,1-4H3,(H,17,18);1H. The Bertz CT molecular complexity index is 665. The van der Waals surface area contributed by atoms with Crippen molar-refractivity contribution in [3.8, 4) is 0 Å². The summed E-state index contributed by atoms with van der Waals surface area (Å²) in [4.78, 5) is 26.1. The molecule has 2 aromatic heterocycles. The molecule has 0 aliphatic heterocycles. The van der Waals surface area contributed by atoms with E-state index < -0.39 is 0 Å². The third-order valence-corrected chi connectivity index (χ3v) is 4.49. The molecule has 0 unspecified atom stereocenters. The average molecular weight is 478 g/mol. The quantitative estimate of drug-likeness (QED) is 0.377. The first kappa shape index (κ1) is 21.7. The molecule has 0 saturated carbocycles. The van der Waals surface area contributed by atoms with Crippen molar-refractivity contribution < 1.29 is 4.79 Å². The van der Waals surface area contributed by atoms with Gasteiger partial charge in [0.25, 0.3) is 0 Å². The van der Waals surface area contributed by atoms with Crippen molar-refractivity contribution in [1.29, 1.82) is 0 Å². The molecule has 2 heterocycles. The predicted molar refractivity (Wildman–Crippen MR) is 114 cm³/mol. The van der Waals surface area contributed by atoms with Crippen LogP contribution in [-0.4, -0.2) is 64.3 Å². The Morgan fingerprint density at radius 2 is 2.08 bits per heavy atom. The largest absolute Gasteiger partial charge is 0.357 e. The van der Waals surface area contributed by atoms with Crippen LogP contribution >= 0.6 is 35.3 Å². The van der Waals surface area contributed by atoms with Gasteiger partial charge in [-0.3, -0.25) is 9.20 Å². The van der Waals surface area contributed by atoms with E-state index in [0.29, 0.717) is 13.1 Å². The zero-order valence-corrected chi connectivity index (χ0v) is 18.4. The molecule has 0 fully saturated rings. The number of amides is 1. The summed E-state index contributed by atoms with van der Waals surface area (Å²) in [7, 11) is 1.88. The van der Waals surface area contributed by atoms with Crippen LogP contribution in [0, 0.1) is 0 Å². The van der Waals surface area contributed by atoms with Gasteiger partial charge in [-0.1, -0.05) is 0 Å². The van der Waals surface area contributed by atoms with E-state index in [4.69, 9.17) is 0 Å². The lowest BCUT2D eigenvalue weighted by Gasteiger charge is -2.25. The Morgan fingerprint density at radius 3 is 2.68 bits per heavy atom. The molecular formula is C16H27IN6OS. The van der Waals surface area contributed by atoms with E-state index in [9.17, 15) is 4.79 Å². The van der Waals surface area contributed by atoms with Crippen LogP contribution in [0.2, 0.25) is 0 Å². The number of likely N-dealkylation sites (N-methyl/N-ethyl adjacent to an activating group) is 2. The van der Waals surface area contributed by atoms with Crippen molar-refractivity contribution in [2.45, 2.75) is 27.3 Å². The van der Waals surface area contributed by atoms with Crippen LogP contribution in [0.1, 0.15) is 26.5 Å². The van der Waals surface area contributed by atoms with Gasteiger partial charge in [-0.05, 0) is 20.8 Å². The van der Waals surface area contributed by atoms with Crippen molar-refractivity contribution >= 4 is 52.1 Å².